The lowest BCUT2D eigenvalue weighted by Crippen LogP contribution is -2.29. The number of carbonyl (C=O) groups excluding carboxylic acids is 1. The topological polar surface area (TPSA) is 86.6 Å². The van der Waals surface area contributed by atoms with Crippen LogP contribution in [0.2, 0.25) is 0 Å². The van der Waals surface area contributed by atoms with Crippen molar-refractivity contribution in [2.45, 2.75) is 26.4 Å². The van der Waals surface area contributed by atoms with Crippen molar-refractivity contribution in [2.75, 3.05) is 6.54 Å². The number of carbonyl (C=O) groups is 2. The first-order valence-corrected chi connectivity index (χ1v) is 7.71. The second-order valence-corrected chi connectivity index (χ2v) is 5.86. The Morgan fingerprint density at radius 3 is 2.50 bits per heavy atom. The normalized spacial score (nSPS) is 11.8. The Kier molecular flexibility index (Phi) is 5.71. The zero-order valence-electron chi connectivity index (χ0n) is 13.7. The highest BCUT2D eigenvalue weighted by atomic mass is 16.4. The van der Waals surface area contributed by atoms with Crippen LogP contribution < -0.4 is 5.32 Å². The molecule has 0 spiro atoms. The van der Waals surface area contributed by atoms with E-state index >= 15 is 0 Å². The number of nitrogens with one attached hydrogen (secondary N) is 1. The zero-order valence-corrected chi connectivity index (χ0v) is 13.7. The van der Waals surface area contributed by atoms with Gasteiger partial charge in [-0.3, -0.25) is 4.79 Å². The van der Waals surface area contributed by atoms with Crippen LogP contribution in [0.1, 0.15) is 38.7 Å². The Balaban J connectivity index is 1.93. The molecule has 2 aromatic rings. The second-order valence-electron chi connectivity index (χ2n) is 5.86. The van der Waals surface area contributed by atoms with Crippen molar-refractivity contribution >= 4 is 11.9 Å². The number of hydrogen-bond donors (Lipinski definition) is 3. The third-order valence-electron chi connectivity index (χ3n) is 3.86. The number of aromatic carboxylic acids is 1. The van der Waals surface area contributed by atoms with Crippen molar-refractivity contribution in [3.8, 4) is 0 Å². The third-order valence-corrected chi connectivity index (χ3v) is 3.86. The Labute approximate surface area is 141 Å². The van der Waals surface area contributed by atoms with Crippen molar-refractivity contribution in [3.05, 3.63) is 70.3 Å². The molecule has 5 heteroatoms. The minimum absolute atomic E-state index is 0.133. The van der Waals surface area contributed by atoms with Crippen LogP contribution in [0.15, 0.2) is 42.5 Å². The summed E-state index contributed by atoms with van der Waals surface area (Å²) in [6.07, 6.45) is -0.615. The number of aliphatic hydroxyl groups excluding tert-OH is 1. The maximum Gasteiger partial charge on any atom is 0.335 e. The summed E-state index contributed by atoms with van der Waals surface area (Å²) in [5, 5.41) is 21.8. The minimum atomic E-state index is -0.990. The van der Waals surface area contributed by atoms with E-state index in [1.54, 1.807) is 19.1 Å². The molecule has 0 aromatic heterocycles. The number of benzene rings is 2. The molecule has 0 fully saturated rings. The quantitative estimate of drug-likeness (QED) is 0.760. The lowest BCUT2D eigenvalue weighted by atomic mass is 10.0. The Morgan fingerprint density at radius 2 is 1.88 bits per heavy atom. The predicted octanol–water partition coefficient (Wildman–Crippen LogP) is 2.39. The Hall–Kier alpha value is -2.66. The molecule has 0 heterocycles. The van der Waals surface area contributed by atoms with Gasteiger partial charge < -0.3 is 15.5 Å². The van der Waals surface area contributed by atoms with Crippen molar-refractivity contribution in [2.24, 2.45) is 0 Å². The van der Waals surface area contributed by atoms with Crippen LogP contribution in [0.25, 0.3) is 0 Å². The van der Waals surface area contributed by atoms with E-state index in [4.69, 9.17) is 5.11 Å². The molecular formula is C19H21NO4. The zero-order chi connectivity index (χ0) is 17.7. The SMILES string of the molecule is Cc1cccc(C(O)CNC(=O)Cc2ccc(C(=O)O)cc2C)c1. The summed E-state index contributed by atoms with van der Waals surface area (Å²) in [6.45, 7) is 3.85. The van der Waals surface area contributed by atoms with E-state index in [-0.39, 0.29) is 24.4 Å². The van der Waals surface area contributed by atoms with Crippen LogP contribution in [0, 0.1) is 13.8 Å². The van der Waals surface area contributed by atoms with Gasteiger partial charge in [0, 0.05) is 6.54 Å². The summed E-state index contributed by atoms with van der Waals surface area (Å²) in [7, 11) is 0. The van der Waals surface area contributed by atoms with E-state index in [0.29, 0.717) is 0 Å². The van der Waals surface area contributed by atoms with Crippen LogP contribution in [0.5, 0.6) is 0 Å². The average molecular weight is 327 g/mol. The first-order valence-electron chi connectivity index (χ1n) is 7.71. The molecule has 1 atom stereocenters. The largest absolute Gasteiger partial charge is 0.478 e. The number of amides is 1. The summed E-state index contributed by atoms with van der Waals surface area (Å²) in [5.41, 5.74) is 3.53. The molecule has 0 radical (unpaired) electrons. The summed E-state index contributed by atoms with van der Waals surface area (Å²) in [6, 6.07) is 12.2. The highest BCUT2D eigenvalue weighted by Crippen LogP contribution is 2.14. The van der Waals surface area contributed by atoms with E-state index < -0.39 is 12.1 Å². The van der Waals surface area contributed by atoms with Crippen molar-refractivity contribution in [3.63, 3.8) is 0 Å². The number of rotatable bonds is 6. The van der Waals surface area contributed by atoms with Gasteiger partial charge in [0.25, 0.3) is 0 Å². The first kappa shape index (κ1) is 17.7. The van der Waals surface area contributed by atoms with Gasteiger partial charge in [0.2, 0.25) is 5.91 Å². The molecule has 0 aliphatic rings. The fraction of sp³-hybridized carbons (Fsp3) is 0.263. The fourth-order valence-electron chi connectivity index (χ4n) is 2.47. The van der Waals surface area contributed by atoms with Gasteiger partial charge in [0.1, 0.15) is 0 Å². The fourth-order valence-corrected chi connectivity index (χ4v) is 2.47. The molecule has 0 aliphatic carbocycles. The van der Waals surface area contributed by atoms with Gasteiger partial charge in [-0.15, -0.1) is 0 Å². The number of carboxylic acid groups (broad SMARTS) is 1. The third kappa shape index (κ3) is 4.67. The van der Waals surface area contributed by atoms with Gasteiger partial charge >= 0.3 is 5.97 Å². The van der Waals surface area contributed by atoms with Gasteiger partial charge in [-0.25, -0.2) is 4.79 Å². The van der Waals surface area contributed by atoms with Gasteiger partial charge in [-0.2, -0.15) is 0 Å². The van der Waals surface area contributed by atoms with Crippen LogP contribution >= 0.6 is 0 Å². The van der Waals surface area contributed by atoms with Gasteiger partial charge in [-0.05, 0) is 42.7 Å². The maximum absolute atomic E-state index is 12.0. The monoisotopic (exact) mass is 327 g/mol. The van der Waals surface area contributed by atoms with Gasteiger partial charge in [0.15, 0.2) is 0 Å². The molecule has 0 saturated heterocycles. The molecular weight excluding hydrogens is 306 g/mol. The van der Waals surface area contributed by atoms with Crippen molar-refractivity contribution in [1.82, 2.24) is 5.32 Å². The Morgan fingerprint density at radius 1 is 1.12 bits per heavy atom. The molecule has 24 heavy (non-hydrogen) atoms. The lowest BCUT2D eigenvalue weighted by Gasteiger charge is -2.13. The van der Waals surface area contributed by atoms with Crippen molar-refractivity contribution in [1.29, 1.82) is 0 Å². The van der Waals surface area contributed by atoms with Crippen LogP contribution in [-0.4, -0.2) is 28.6 Å². The molecule has 2 rings (SSSR count). The first-order chi connectivity index (χ1) is 11.4. The predicted molar refractivity (Wildman–Crippen MR) is 91.0 cm³/mol. The summed E-state index contributed by atoms with van der Waals surface area (Å²) in [5.74, 6) is -1.21. The lowest BCUT2D eigenvalue weighted by molar-refractivity contribution is -0.120. The number of hydrogen-bond acceptors (Lipinski definition) is 3. The van der Waals surface area contributed by atoms with Crippen LogP contribution in [0.3, 0.4) is 0 Å². The van der Waals surface area contributed by atoms with Crippen molar-refractivity contribution < 1.29 is 19.8 Å². The molecule has 0 aliphatic heterocycles. The maximum atomic E-state index is 12.0. The number of carboxylic acids is 1. The molecule has 3 N–H and O–H groups in total. The van der Waals surface area contributed by atoms with E-state index in [1.807, 2.05) is 31.2 Å². The molecule has 0 saturated carbocycles. The molecule has 126 valence electrons. The summed E-state index contributed by atoms with van der Waals surface area (Å²) in [4.78, 5) is 23.0. The highest BCUT2D eigenvalue weighted by molar-refractivity contribution is 5.88. The smallest absolute Gasteiger partial charge is 0.335 e. The summed E-state index contributed by atoms with van der Waals surface area (Å²) >= 11 is 0. The molecule has 1 unspecified atom stereocenters. The summed E-state index contributed by atoms with van der Waals surface area (Å²) < 4.78 is 0. The van der Waals surface area contributed by atoms with Gasteiger partial charge in [-0.1, -0.05) is 35.9 Å². The van der Waals surface area contributed by atoms with E-state index in [9.17, 15) is 14.7 Å². The molecule has 5 nitrogen and oxygen atoms in total. The molecule has 2 aromatic carbocycles. The minimum Gasteiger partial charge on any atom is -0.478 e. The standard InChI is InChI=1S/C19H21NO4/c1-12-4-3-5-15(8-12)17(21)11-20-18(22)10-14-6-7-16(19(23)24)9-13(14)2/h3-9,17,21H,10-11H2,1-2H3,(H,20,22)(H,23,24). The molecule has 0 bridgehead atoms. The molecule has 1 amide bonds. The second kappa shape index (κ2) is 7.75. The highest BCUT2D eigenvalue weighted by Gasteiger charge is 2.12. The van der Waals surface area contributed by atoms with Gasteiger partial charge in [0.05, 0.1) is 18.1 Å². The van der Waals surface area contributed by atoms with Crippen LogP contribution in [0.4, 0.5) is 0 Å². The van der Waals surface area contributed by atoms with Crippen LogP contribution in [-0.2, 0) is 11.2 Å². The van der Waals surface area contributed by atoms with E-state index in [0.717, 1.165) is 22.3 Å². The van der Waals surface area contributed by atoms with E-state index in [1.165, 1.54) is 6.07 Å². The Bertz CT molecular complexity index is 755. The van der Waals surface area contributed by atoms with E-state index in [2.05, 4.69) is 5.32 Å². The average Bonchev–Trinajstić information content (AvgIpc) is 2.54. The number of aliphatic hydroxyl groups is 1. The number of aryl methyl sites for hydroxylation is 2.